The molecule has 0 N–H and O–H groups in total. The SMILES string of the molecule is CCc1ccc(OC(C)c2nnc(SCC(=O)c3ccc(C)cc3)n2C)cc1. The summed E-state index contributed by atoms with van der Waals surface area (Å²) in [5.74, 6) is 1.93. The van der Waals surface area contributed by atoms with Crippen molar-refractivity contribution < 1.29 is 9.53 Å². The lowest BCUT2D eigenvalue weighted by Gasteiger charge is -2.14. The van der Waals surface area contributed by atoms with Crippen LogP contribution in [-0.2, 0) is 13.5 Å². The van der Waals surface area contributed by atoms with E-state index in [1.165, 1.54) is 17.3 Å². The molecule has 0 amide bonds. The molecule has 0 spiro atoms. The first kappa shape index (κ1) is 20.1. The fourth-order valence-electron chi connectivity index (χ4n) is 2.82. The van der Waals surface area contributed by atoms with Crippen LogP contribution in [0.3, 0.4) is 0 Å². The van der Waals surface area contributed by atoms with Crippen molar-refractivity contribution in [1.29, 1.82) is 0 Å². The molecule has 2 aromatic carbocycles. The molecule has 3 aromatic rings. The third kappa shape index (κ3) is 4.81. The van der Waals surface area contributed by atoms with Crippen LogP contribution >= 0.6 is 11.8 Å². The van der Waals surface area contributed by atoms with E-state index in [1.54, 1.807) is 0 Å². The topological polar surface area (TPSA) is 57.0 Å². The number of carbonyl (C=O) groups is 1. The number of thioether (sulfide) groups is 1. The molecule has 0 aliphatic heterocycles. The van der Waals surface area contributed by atoms with Gasteiger partial charge in [-0.05, 0) is 38.0 Å². The second-order valence-electron chi connectivity index (χ2n) is 6.74. The number of hydrogen-bond acceptors (Lipinski definition) is 5. The van der Waals surface area contributed by atoms with E-state index in [-0.39, 0.29) is 11.9 Å². The predicted molar refractivity (Wildman–Crippen MR) is 112 cm³/mol. The van der Waals surface area contributed by atoms with Crippen LogP contribution in [0, 0.1) is 6.92 Å². The van der Waals surface area contributed by atoms with E-state index in [0.29, 0.717) is 16.5 Å². The van der Waals surface area contributed by atoms with Crippen LogP contribution < -0.4 is 4.74 Å². The number of benzene rings is 2. The fourth-order valence-corrected chi connectivity index (χ4v) is 3.63. The molecule has 0 saturated heterocycles. The largest absolute Gasteiger partial charge is 0.483 e. The Morgan fingerprint density at radius 2 is 1.79 bits per heavy atom. The van der Waals surface area contributed by atoms with Crippen molar-refractivity contribution in [2.45, 2.75) is 38.5 Å². The van der Waals surface area contributed by atoms with Crippen molar-refractivity contribution in [2.24, 2.45) is 7.05 Å². The first-order chi connectivity index (χ1) is 13.5. The van der Waals surface area contributed by atoms with E-state index in [1.807, 2.05) is 61.9 Å². The van der Waals surface area contributed by atoms with E-state index >= 15 is 0 Å². The maximum atomic E-state index is 12.4. The minimum Gasteiger partial charge on any atom is -0.483 e. The van der Waals surface area contributed by atoms with Crippen LogP contribution in [0.4, 0.5) is 0 Å². The summed E-state index contributed by atoms with van der Waals surface area (Å²) in [6.45, 7) is 6.08. The van der Waals surface area contributed by atoms with E-state index in [2.05, 4.69) is 29.3 Å². The van der Waals surface area contributed by atoms with Gasteiger partial charge >= 0.3 is 0 Å². The lowest BCUT2D eigenvalue weighted by Crippen LogP contribution is -2.10. The second kappa shape index (κ2) is 9.06. The Morgan fingerprint density at radius 3 is 2.43 bits per heavy atom. The highest BCUT2D eigenvalue weighted by molar-refractivity contribution is 7.99. The number of Topliss-reactive ketones (excluding diaryl/α,β-unsaturated/α-hetero) is 1. The zero-order valence-electron chi connectivity index (χ0n) is 16.7. The Bertz CT molecular complexity index is 933. The van der Waals surface area contributed by atoms with E-state index in [4.69, 9.17) is 4.74 Å². The lowest BCUT2D eigenvalue weighted by atomic mass is 10.1. The monoisotopic (exact) mass is 395 g/mol. The second-order valence-corrected chi connectivity index (χ2v) is 7.68. The Kier molecular flexibility index (Phi) is 6.52. The van der Waals surface area contributed by atoms with Gasteiger partial charge < -0.3 is 9.30 Å². The molecule has 1 unspecified atom stereocenters. The van der Waals surface area contributed by atoms with Gasteiger partial charge in [0.25, 0.3) is 0 Å². The van der Waals surface area contributed by atoms with Gasteiger partial charge in [-0.15, -0.1) is 10.2 Å². The molecule has 146 valence electrons. The Morgan fingerprint density at radius 1 is 1.11 bits per heavy atom. The van der Waals surface area contributed by atoms with Crippen LogP contribution in [0.15, 0.2) is 53.7 Å². The highest BCUT2D eigenvalue weighted by Crippen LogP contribution is 2.24. The van der Waals surface area contributed by atoms with Crippen LogP contribution in [0.5, 0.6) is 5.75 Å². The van der Waals surface area contributed by atoms with Crippen molar-refractivity contribution >= 4 is 17.5 Å². The zero-order valence-corrected chi connectivity index (χ0v) is 17.5. The van der Waals surface area contributed by atoms with Crippen molar-refractivity contribution in [2.75, 3.05) is 5.75 Å². The molecule has 0 saturated carbocycles. The lowest BCUT2D eigenvalue weighted by molar-refractivity contribution is 0.102. The molecule has 0 bridgehead atoms. The fraction of sp³-hybridized carbons (Fsp3) is 0.318. The molecule has 1 atom stereocenters. The molecule has 3 rings (SSSR count). The molecule has 0 aliphatic carbocycles. The van der Waals surface area contributed by atoms with Gasteiger partial charge in [0.2, 0.25) is 0 Å². The van der Waals surface area contributed by atoms with Crippen LogP contribution in [0.1, 0.15) is 47.3 Å². The Labute approximate surface area is 170 Å². The van der Waals surface area contributed by atoms with Crippen molar-refractivity contribution in [3.05, 3.63) is 71.0 Å². The number of aromatic nitrogens is 3. The van der Waals surface area contributed by atoms with Gasteiger partial charge in [0.1, 0.15) is 5.75 Å². The number of ether oxygens (including phenoxy) is 1. The van der Waals surface area contributed by atoms with Gasteiger partial charge in [0, 0.05) is 12.6 Å². The third-order valence-corrected chi connectivity index (χ3v) is 5.60. The smallest absolute Gasteiger partial charge is 0.191 e. The van der Waals surface area contributed by atoms with E-state index in [0.717, 1.165) is 23.6 Å². The zero-order chi connectivity index (χ0) is 20.1. The van der Waals surface area contributed by atoms with Crippen LogP contribution in [0.2, 0.25) is 0 Å². The summed E-state index contributed by atoms with van der Waals surface area (Å²) in [5.41, 5.74) is 3.13. The molecule has 0 fully saturated rings. The van der Waals surface area contributed by atoms with Crippen LogP contribution in [-0.4, -0.2) is 26.3 Å². The molecule has 5 nitrogen and oxygen atoms in total. The number of hydrogen-bond donors (Lipinski definition) is 0. The Hall–Kier alpha value is -2.60. The van der Waals surface area contributed by atoms with Gasteiger partial charge in [-0.2, -0.15) is 0 Å². The normalized spacial score (nSPS) is 12.0. The third-order valence-electron chi connectivity index (χ3n) is 4.58. The number of nitrogens with zero attached hydrogens (tertiary/aromatic N) is 3. The molecule has 1 aromatic heterocycles. The quantitative estimate of drug-likeness (QED) is 0.405. The highest BCUT2D eigenvalue weighted by Gasteiger charge is 2.18. The standard InChI is InChI=1S/C22H25N3O2S/c1-5-17-8-12-19(13-9-17)27-16(3)21-23-24-22(25(21)4)28-14-20(26)18-10-6-15(2)7-11-18/h6-13,16H,5,14H2,1-4H3. The first-order valence-corrected chi connectivity index (χ1v) is 10.3. The van der Waals surface area contributed by atoms with Gasteiger partial charge in [0.05, 0.1) is 5.75 Å². The van der Waals surface area contributed by atoms with Crippen molar-refractivity contribution in [1.82, 2.24) is 14.8 Å². The molecular weight excluding hydrogens is 370 g/mol. The Balaban J connectivity index is 1.62. The molecule has 6 heteroatoms. The number of rotatable bonds is 8. The van der Waals surface area contributed by atoms with E-state index < -0.39 is 0 Å². The maximum absolute atomic E-state index is 12.4. The first-order valence-electron chi connectivity index (χ1n) is 9.35. The summed E-state index contributed by atoms with van der Waals surface area (Å²) in [6.07, 6.45) is 0.758. The van der Waals surface area contributed by atoms with Crippen molar-refractivity contribution in [3.8, 4) is 5.75 Å². The van der Waals surface area contributed by atoms with Gasteiger partial charge in [0.15, 0.2) is 22.9 Å². The summed E-state index contributed by atoms with van der Waals surface area (Å²) < 4.78 is 7.89. The molecule has 0 radical (unpaired) electrons. The summed E-state index contributed by atoms with van der Waals surface area (Å²) >= 11 is 1.39. The van der Waals surface area contributed by atoms with E-state index in [9.17, 15) is 4.79 Å². The molecule has 0 aliphatic rings. The minimum absolute atomic E-state index is 0.0786. The summed E-state index contributed by atoms with van der Waals surface area (Å²) in [7, 11) is 1.90. The van der Waals surface area contributed by atoms with Gasteiger partial charge in [-0.25, -0.2) is 0 Å². The average Bonchev–Trinajstić information content (AvgIpc) is 3.08. The predicted octanol–water partition coefficient (Wildman–Crippen LogP) is 4.80. The molecule has 28 heavy (non-hydrogen) atoms. The maximum Gasteiger partial charge on any atom is 0.191 e. The highest BCUT2D eigenvalue weighted by atomic mass is 32.2. The molecule has 1 heterocycles. The average molecular weight is 396 g/mol. The van der Waals surface area contributed by atoms with Crippen LogP contribution in [0.25, 0.3) is 0 Å². The number of ketones is 1. The van der Waals surface area contributed by atoms with Crippen molar-refractivity contribution in [3.63, 3.8) is 0 Å². The summed E-state index contributed by atoms with van der Waals surface area (Å²) in [4.78, 5) is 12.4. The number of aryl methyl sites for hydroxylation is 2. The molecular formula is C22H25N3O2S. The number of carbonyl (C=O) groups excluding carboxylic acids is 1. The summed E-state index contributed by atoms with van der Waals surface area (Å²) in [6, 6.07) is 15.7. The minimum atomic E-state index is -0.243. The van der Waals surface area contributed by atoms with Gasteiger partial charge in [-0.1, -0.05) is 60.6 Å². The summed E-state index contributed by atoms with van der Waals surface area (Å²) in [5, 5.41) is 9.19. The van der Waals surface area contributed by atoms with Gasteiger partial charge in [-0.3, -0.25) is 4.79 Å².